The Balaban J connectivity index is 2.11. The molecule has 0 radical (unpaired) electrons. The molecule has 2 rings (SSSR count). The molecule has 0 unspecified atom stereocenters. The molecule has 8 nitrogen and oxygen atoms in total. The molecule has 4 atom stereocenters. The molecule has 0 saturated heterocycles. The topological polar surface area (TPSA) is 141 Å². The number of imidazole rings is 1. The number of aliphatic hydroxyl groups excluding tert-OH is 2. The predicted molar refractivity (Wildman–Crippen MR) is 114 cm³/mol. The van der Waals surface area contributed by atoms with E-state index in [4.69, 9.17) is 5.73 Å². The van der Waals surface area contributed by atoms with Crippen LogP contribution in [0.1, 0.15) is 70.9 Å². The Morgan fingerprint density at radius 2 is 1.97 bits per heavy atom. The van der Waals surface area contributed by atoms with Gasteiger partial charge >= 0.3 is 0 Å². The van der Waals surface area contributed by atoms with Crippen molar-refractivity contribution >= 4 is 11.8 Å². The van der Waals surface area contributed by atoms with Gasteiger partial charge in [-0.05, 0) is 24.7 Å². The molecule has 6 N–H and O–H groups in total. The highest BCUT2D eigenvalue weighted by molar-refractivity contribution is 5.85. The number of nitrogens with two attached hydrogens (primary N) is 1. The summed E-state index contributed by atoms with van der Waals surface area (Å²) in [5.74, 6) is -0.916. The lowest BCUT2D eigenvalue weighted by molar-refractivity contribution is -0.131. The monoisotopic (exact) mass is 422 g/mol. The first-order valence-electron chi connectivity index (χ1n) is 11.2. The fourth-order valence-corrected chi connectivity index (χ4v) is 4.42. The highest BCUT2D eigenvalue weighted by Crippen LogP contribution is 2.29. The van der Waals surface area contributed by atoms with Crippen molar-refractivity contribution in [1.82, 2.24) is 15.3 Å². The summed E-state index contributed by atoms with van der Waals surface area (Å²) in [7, 11) is 0. The number of nitrogens with one attached hydrogen (secondary N) is 2. The zero-order chi connectivity index (χ0) is 22.1. The molecule has 1 aliphatic carbocycles. The number of hydrogen-bond donors (Lipinski definition) is 5. The zero-order valence-corrected chi connectivity index (χ0v) is 18.2. The number of aliphatic hydroxyl groups is 2. The molecule has 1 aliphatic rings. The summed E-state index contributed by atoms with van der Waals surface area (Å²) < 4.78 is 0. The van der Waals surface area contributed by atoms with Gasteiger partial charge in [-0.25, -0.2) is 4.98 Å². The molecule has 170 valence electrons. The molecular weight excluding hydrogens is 384 g/mol. The second-order valence-corrected chi connectivity index (χ2v) is 9.19. The number of amides is 2. The van der Waals surface area contributed by atoms with E-state index in [1.165, 1.54) is 12.7 Å². The van der Waals surface area contributed by atoms with Crippen LogP contribution in [0.4, 0.5) is 0 Å². The Kier molecular flexibility index (Phi) is 9.78. The van der Waals surface area contributed by atoms with Gasteiger partial charge in [0, 0.05) is 24.7 Å². The van der Waals surface area contributed by atoms with Crippen molar-refractivity contribution in [2.45, 2.75) is 89.9 Å². The van der Waals surface area contributed by atoms with Gasteiger partial charge in [-0.3, -0.25) is 9.59 Å². The molecule has 1 saturated carbocycles. The van der Waals surface area contributed by atoms with Crippen LogP contribution < -0.4 is 11.1 Å². The lowest BCUT2D eigenvalue weighted by Gasteiger charge is -2.33. The molecule has 0 bridgehead atoms. The number of nitrogens with zero attached hydrogens (tertiary/aromatic N) is 1. The lowest BCUT2D eigenvalue weighted by Crippen LogP contribution is -2.51. The van der Waals surface area contributed by atoms with E-state index in [9.17, 15) is 19.8 Å². The number of aromatic nitrogens is 2. The Morgan fingerprint density at radius 1 is 1.27 bits per heavy atom. The van der Waals surface area contributed by atoms with Gasteiger partial charge in [-0.1, -0.05) is 46.0 Å². The van der Waals surface area contributed by atoms with Crippen LogP contribution in [0.2, 0.25) is 0 Å². The predicted octanol–water partition coefficient (Wildman–Crippen LogP) is 1.67. The number of hydrogen-bond acceptors (Lipinski definition) is 5. The minimum atomic E-state index is -1.06. The SMILES string of the molecule is CC(C)C[C@H](O)[C@H](O)[C@H](CC1CCCCC1)NC(=O)[C@@H](CC(N)=O)Cc1cnc[nH]1. The molecular formula is C22H38N4O4. The van der Waals surface area contributed by atoms with Crippen LogP contribution in [0.25, 0.3) is 0 Å². The normalized spacial score (nSPS) is 19.2. The second-order valence-electron chi connectivity index (χ2n) is 9.19. The van der Waals surface area contributed by atoms with E-state index in [0.717, 1.165) is 31.4 Å². The van der Waals surface area contributed by atoms with Gasteiger partial charge in [0.1, 0.15) is 6.10 Å². The zero-order valence-electron chi connectivity index (χ0n) is 18.2. The summed E-state index contributed by atoms with van der Waals surface area (Å²) in [5, 5.41) is 24.3. The van der Waals surface area contributed by atoms with Crippen molar-refractivity contribution in [3.05, 3.63) is 18.2 Å². The number of carbonyl (C=O) groups excluding carboxylic acids is 2. The van der Waals surface area contributed by atoms with Crippen molar-refractivity contribution in [2.75, 3.05) is 0 Å². The van der Waals surface area contributed by atoms with Gasteiger partial charge in [0.25, 0.3) is 0 Å². The highest BCUT2D eigenvalue weighted by atomic mass is 16.3. The van der Waals surface area contributed by atoms with Gasteiger partial charge in [-0.15, -0.1) is 0 Å². The van der Waals surface area contributed by atoms with Crippen LogP contribution in [0.5, 0.6) is 0 Å². The minimum Gasteiger partial charge on any atom is -0.390 e. The van der Waals surface area contributed by atoms with E-state index >= 15 is 0 Å². The van der Waals surface area contributed by atoms with Crippen LogP contribution in [0.3, 0.4) is 0 Å². The van der Waals surface area contributed by atoms with Crippen LogP contribution in [-0.2, 0) is 16.0 Å². The van der Waals surface area contributed by atoms with Crippen molar-refractivity contribution in [2.24, 2.45) is 23.5 Å². The quantitative estimate of drug-likeness (QED) is 0.348. The summed E-state index contributed by atoms with van der Waals surface area (Å²) in [6.45, 7) is 3.97. The summed E-state index contributed by atoms with van der Waals surface area (Å²) in [6, 6.07) is -0.563. The largest absolute Gasteiger partial charge is 0.390 e. The molecule has 0 spiro atoms. The smallest absolute Gasteiger partial charge is 0.224 e. The van der Waals surface area contributed by atoms with E-state index in [1.54, 1.807) is 6.20 Å². The van der Waals surface area contributed by atoms with Crippen LogP contribution in [0.15, 0.2) is 12.5 Å². The van der Waals surface area contributed by atoms with E-state index in [1.807, 2.05) is 13.8 Å². The number of rotatable bonds is 12. The van der Waals surface area contributed by atoms with Crippen molar-refractivity contribution in [3.8, 4) is 0 Å². The third-order valence-corrected chi connectivity index (χ3v) is 6.00. The first kappa shape index (κ1) is 24.3. The molecule has 0 aromatic carbocycles. The van der Waals surface area contributed by atoms with E-state index in [2.05, 4.69) is 15.3 Å². The van der Waals surface area contributed by atoms with Crippen molar-refractivity contribution < 1.29 is 19.8 Å². The second kappa shape index (κ2) is 12.1. The maximum Gasteiger partial charge on any atom is 0.224 e. The molecule has 2 amide bonds. The van der Waals surface area contributed by atoms with Gasteiger partial charge in [0.2, 0.25) is 11.8 Å². The maximum absolute atomic E-state index is 13.1. The molecule has 1 aromatic heterocycles. The first-order valence-corrected chi connectivity index (χ1v) is 11.2. The summed E-state index contributed by atoms with van der Waals surface area (Å²) in [4.78, 5) is 31.5. The number of primary amides is 1. The van der Waals surface area contributed by atoms with Gasteiger partial charge in [0.05, 0.1) is 24.4 Å². The van der Waals surface area contributed by atoms with Crippen molar-refractivity contribution in [3.63, 3.8) is 0 Å². The van der Waals surface area contributed by atoms with E-state index < -0.39 is 30.1 Å². The first-order chi connectivity index (χ1) is 14.3. The standard InChI is InChI=1S/C22H38N4O4/c1-14(2)8-19(27)21(29)18(9-15-6-4-3-5-7-15)26-22(30)16(11-20(23)28)10-17-12-24-13-25-17/h12-16,18-19,21,27,29H,3-11H2,1-2H3,(H2,23,28)(H,24,25)(H,26,30)/t16-,18+,19+,21-/m1/s1. The number of aromatic amines is 1. The Labute approximate surface area is 179 Å². The van der Waals surface area contributed by atoms with Gasteiger partial charge < -0.3 is 26.2 Å². The number of carbonyl (C=O) groups is 2. The summed E-state index contributed by atoms with van der Waals surface area (Å²) in [5.41, 5.74) is 6.11. The van der Waals surface area contributed by atoms with Crippen molar-refractivity contribution in [1.29, 1.82) is 0 Å². The van der Waals surface area contributed by atoms with Gasteiger partial charge in [-0.2, -0.15) is 0 Å². The Bertz CT molecular complexity index is 644. The van der Waals surface area contributed by atoms with Crippen LogP contribution >= 0.6 is 0 Å². The third-order valence-electron chi connectivity index (χ3n) is 6.00. The lowest BCUT2D eigenvalue weighted by atomic mass is 9.82. The summed E-state index contributed by atoms with van der Waals surface area (Å²) >= 11 is 0. The molecule has 1 fully saturated rings. The van der Waals surface area contributed by atoms with E-state index in [0.29, 0.717) is 25.2 Å². The Morgan fingerprint density at radius 3 is 2.53 bits per heavy atom. The minimum absolute atomic E-state index is 0.0916. The molecule has 1 aromatic rings. The molecule has 8 heteroatoms. The fourth-order valence-electron chi connectivity index (χ4n) is 4.42. The fraction of sp³-hybridized carbons (Fsp3) is 0.773. The Hall–Kier alpha value is -1.93. The maximum atomic E-state index is 13.1. The average molecular weight is 423 g/mol. The summed E-state index contributed by atoms with van der Waals surface area (Å²) in [6.07, 6.45) is 8.11. The van der Waals surface area contributed by atoms with Crippen LogP contribution in [-0.4, -0.2) is 50.2 Å². The average Bonchev–Trinajstić information content (AvgIpc) is 3.19. The molecule has 30 heavy (non-hydrogen) atoms. The third kappa shape index (κ3) is 8.07. The van der Waals surface area contributed by atoms with E-state index in [-0.39, 0.29) is 18.2 Å². The van der Waals surface area contributed by atoms with Crippen LogP contribution in [0, 0.1) is 17.8 Å². The highest BCUT2D eigenvalue weighted by Gasteiger charge is 2.33. The molecule has 1 heterocycles. The number of H-pyrrole nitrogens is 1. The van der Waals surface area contributed by atoms with Gasteiger partial charge in [0.15, 0.2) is 0 Å². The molecule has 0 aliphatic heterocycles.